The number of aromatic nitrogens is 2. The standard InChI is InChI=1S/C11H13N2/c1-3-9-8-12-10-6-4-5-7-11(10)13(9)2/h4-8H,3H2,1-2H3/q+1. The zero-order valence-electron chi connectivity index (χ0n) is 7.99. The number of fused-ring (bicyclic) bond motifs is 1. The average molecular weight is 173 g/mol. The highest BCUT2D eigenvalue weighted by Gasteiger charge is 2.09. The summed E-state index contributed by atoms with van der Waals surface area (Å²) in [5.74, 6) is 0. The fraction of sp³-hybridized carbons (Fsp3) is 0.273. The van der Waals surface area contributed by atoms with E-state index in [4.69, 9.17) is 0 Å². The zero-order valence-corrected chi connectivity index (χ0v) is 7.99. The molecule has 1 aromatic heterocycles. The summed E-state index contributed by atoms with van der Waals surface area (Å²) >= 11 is 0. The molecule has 0 aliphatic carbocycles. The molecule has 0 unspecified atom stereocenters. The summed E-state index contributed by atoms with van der Waals surface area (Å²) in [6.45, 7) is 2.14. The molecule has 13 heavy (non-hydrogen) atoms. The highest BCUT2D eigenvalue weighted by Crippen LogP contribution is 2.06. The van der Waals surface area contributed by atoms with Crippen molar-refractivity contribution in [2.45, 2.75) is 13.3 Å². The SMILES string of the molecule is CCc1cnc2ccccc2[n+]1C. The topological polar surface area (TPSA) is 16.8 Å². The summed E-state index contributed by atoms with van der Waals surface area (Å²) in [4.78, 5) is 4.39. The van der Waals surface area contributed by atoms with Gasteiger partial charge in [-0.15, -0.1) is 0 Å². The Balaban J connectivity index is 2.79. The van der Waals surface area contributed by atoms with Crippen molar-refractivity contribution in [1.29, 1.82) is 0 Å². The lowest BCUT2D eigenvalue weighted by molar-refractivity contribution is -0.653. The van der Waals surface area contributed by atoms with Crippen LogP contribution in [-0.2, 0) is 13.5 Å². The maximum atomic E-state index is 4.39. The monoisotopic (exact) mass is 173 g/mol. The Kier molecular flexibility index (Phi) is 1.97. The van der Waals surface area contributed by atoms with Crippen molar-refractivity contribution in [2.75, 3.05) is 0 Å². The van der Waals surface area contributed by atoms with Gasteiger partial charge in [-0.05, 0) is 6.07 Å². The van der Waals surface area contributed by atoms with Gasteiger partial charge in [-0.2, -0.15) is 4.57 Å². The minimum absolute atomic E-state index is 1.02. The fourth-order valence-electron chi connectivity index (χ4n) is 1.57. The Morgan fingerprint density at radius 3 is 2.85 bits per heavy atom. The number of rotatable bonds is 1. The van der Waals surface area contributed by atoms with Crippen LogP contribution < -0.4 is 4.57 Å². The molecule has 0 spiro atoms. The van der Waals surface area contributed by atoms with Gasteiger partial charge in [-0.3, -0.25) is 0 Å². The van der Waals surface area contributed by atoms with Gasteiger partial charge in [0.1, 0.15) is 12.6 Å². The van der Waals surface area contributed by atoms with Gasteiger partial charge in [0.15, 0.2) is 5.69 Å². The average Bonchev–Trinajstić information content (AvgIpc) is 2.19. The molecule has 0 atom stereocenters. The van der Waals surface area contributed by atoms with E-state index in [-0.39, 0.29) is 0 Å². The summed E-state index contributed by atoms with van der Waals surface area (Å²) in [5.41, 5.74) is 3.52. The number of benzene rings is 1. The van der Waals surface area contributed by atoms with Crippen molar-refractivity contribution in [3.8, 4) is 0 Å². The largest absolute Gasteiger partial charge is 0.243 e. The molecule has 0 aliphatic heterocycles. The molecule has 2 nitrogen and oxygen atoms in total. The third-order valence-electron chi connectivity index (χ3n) is 2.39. The first kappa shape index (κ1) is 8.17. The second-order valence-corrected chi connectivity index (χ2v) is 3.15. The molecule has 2 aromatic rings. The van der Waals surface area contributed by atoms with Crippen molar-refractivity contribution in [1.82, 2.24) is 4.98 Å². The molecule has 2 heteroatoms. The third kappa shape index (κ3) is 1.28. The molecule has 2 rings (SSSR count). The summed E-state index contributed by atoms with van der Waals surface area (Å²) in [6.07, 6.45) is 2.97. The van der Waals surface area contributed by atoms with Crippen LogP contribution in [0.15, 0.2) is 30.5 Å². The van der Waals surface area contributed by atoms with Crippen LogP contribution in [0.1, 0.15) is 12.6 Å². The minimum atomic E-state index is 1.02. The van der Waals surface area contributed by atoms with Gasteiger partial charge in [0.05, 0.1) is 6.20 Å². The van der Waals surface area contributed by atoms with Crippen LogP contribution in [0.25, 0.3) is 11.0 Å². The minimum Gasteiger partial charge on any atom is -0.243 e. The second-order valence-electron chi connectivity index (χ2n) is 3.15. The van der Waals surface area contributed by atoms with Crippen LogP contribution >= 0.6 is 0 Å². The van der Waals surface area contributed by atoms with Crippen molar-refractivity contribution in [3.63, 3.8) is 0 Å². The molecule has 0 saturated heterocycles. The molecule has 0 fully saturated rings. The summed E-state index contributed by atoms with van der Waals surface area (Å²) < 4.78 is 2.20. The molecule has 66 valence electrons. The number of hydrogen-bond donors (Lipinski definition) is 0. The predicted molar refractivity (Wildman–Crippen MR) is 52.3 cm³/mol. The normalized spacial score (nSPS) is 10.6. The summed E-state index contributed by atoms with van der Waals surface area (Å²) in [5, 5.41) is 0. The lowest BCUT2D eigenvalue weighted by Gasteiger charge is -1.99. The van der Waals surface area contributed by atoms with E-state index in [9.17, 15) is 0 Å². The van der Waals surface area contributed by atoms with Crippen molar-refractivity contribution < 1.29 is 4.57 Å². The number of hydrogen-bond acceptors (Lipinski definition) is 1. The maximum absolute atomic E-state index is 4.39. The van der Waals surface area contributed by atoms with E-state index in [0.717, 1.165) is 11.9 Å². The lowest BCUT2D eigenvalue weighted by Crippen LogP contribution is -2.34. The number of aryl methyl sites for hydroxylation is 2. The van der Waals surface area contributed by atoms with Gasteiger partial charge < -0.3 is 0 Å². The van der Waals surface area contributed by atoms with Gasteiger partial charge in [0.2, 0.25) is 5.52 Å². The van der Waals surface area contributed by atoms with Crippen LogP contribution in [0.5, 0.6) is 0 Å². The van der Waals surface area contributed by atoms with Crippen LogP contribution in [0, 0.1) is 0 Å². The first-order valence-electron chi connectivity index (χ1n) is 4.55. The highest BCUT2D eigenvalue weighted by atomic mass is 15.0. The Morgan fingerprint density at radius 2 is 2.08 bits per heavy atom. The van der Waals surface area contributed by atoms with Gasteiger partial charge in [0.25, 0.3) is 0 Å². The maximum Gasteiger partial charge on any atom is 0.231 e. The third-order valence-corrected chi connectivity index (χ3v) is 2.39. The van der Waals surface area contributed by atoms with Crippen LogP contribution in [0.2, 0.25) is 0 Å². The van der Waals surface area contributed by atoms with Crippen molar-refractivity contribution >= 4 is 11.0 Å². The predicted octanol–water partition coefficient (Wildman–Crippen LogP) is 1.62. The zero-order chi connectivity index (χ0) is 9.26. The fourth-order valence-corrected chi connectivity index (χ4v) is 1.57. The van der Waals surface area contributed by atoms with E-state index in [1.165, 1.54) is 11.2 Å². The molecule has 1 aromatic carbocycles. The van der Waals surface area contributed by atoms with E-state index < -0.39 is 0 Å². The van der Waals surface area contributed by atoms with Gasteiger partial charge in [-0.25, -0.2) is 4.98 Å². The second kappa shape index (κ2) is 3.13. The summed E-state index contributed by atoms with van der Waals surface area (Å²) in [7, 11) is 2.09. The molecular weight excluding hydrogens is 160 g/mol. The number of para-hydroxylation sites is 2. The quantitative estimate of drug-likeness (QED) is 0.599. The summed E-state index contributed by atoms with van der Waals surface area (Å²) in [6, 6.07) is 8.20. The van der Waals surface area contributed by atoms with Crippen molar-refractivity contribution in [3.05, 3.63) is 36.2 Å². The van der Waals surface area contributed by atoms with Gasteiger partial charge >= 0.3 is 0 Å². The first-order chi connectivity index (χ1) is 6.33. The Bertz CT molecular complexity index is 435. The first-order valence-corrected chi connectivity index (χ1v) is 4.55. The van der Waals surface area contributed by atoms with E-state index >= 15 is 0 Å². The smallest absolute Gasteiger partial charge is 0.231 e. The Labute approximate surface area is 77.9 Å². The van der Waals surface area contributed by atoms with Crippen LogP contribution in [0.3, 0.4) is 0 Å². The van der Waals surface area contributed by atoms with Crippen LogP contribution in [-0.4, -0.2) is 4.98 Å². The molecule has 0 saturated carbocycles. The molecule has 0 amide bonds. The Morgan fingerprint density at radius 1 is 1.31 bits per heavy atom. The molecule has 0 bridgehead atoms. The van der Waals surface area contributed by atoms with Crippen molar-refractivity contribution in [2.24, 2.45) is 7.05 Å². The van der Waals surface area contributed by atoms with E-state index in [1.807, 2.05) is 24.4 Å². The Hall–Kier alpha value is -1.44. The molecule has 0 aliphatic rings. The highest BCUT2D eigenvalue weighted by molar-refractivity contribution is 5.70. The molecule has 0 N–H and O–H groups in total. The van der Waals surface area contributed by atoms with E-state index in [2.05, 4.69) is 29.6 Å². The van der Waals surface area contributed by atoms with Gasteiger partial charge in [-0.1, -0.05) is 19.1 Å². The lowest BCUT2D eigenvalue weighted by atomic mass is 10.2. The molecule has 0 radical (unpaired) electrons. The van der Waals surface area contributed by atoms with E-state index in [0.29, 0.717) is 0 Å². The van der Waals surface area contributed by atoms with E-state index in [1.54, 1.807) is 0 Å². The van der Waals surface area contributed by atoms with Gasteiger partial charge in [0, 0.05) is 12.5 Å². The number of nitrogens with zero attached hydrogens (tertiary/aromatic N) is 2. The van der Waals surface area contributed by atoms with Crippen LogP contribution in [0.4, 0.5) is 0 Å². The molecular formula is C11H13N2+. The molecule has 1 heterocycles.